The van der Waals surface area contributed by atoms with Crippen molar-refractivity contribution in [1.82, 2.24) is 9.80 Å². The minimum Gasteiger partial charge on any atom is -0.444 e. The highest BCUT2D eigenvalue weighted by Crippen LogP contribution is 2.14. The SMILES string of the molecule is CC1CN(C(=O)OC(C)(C)C)CCN1C/C=C/C#N. The molecule has 0 spiro atoms. The second-order valence-corrected chi connectivity index (χ2v) is 5.80. The van der Waals surface area contributed by atoms with Gasteiger partial charge in [-0.2, -0.15) is 5.26 Å². The van der Waals surface area contributed by atoms with Crippen LogP contribution < -0.4 is 0 Å². The molecule has 1 heterocycles. The lowest BCUT2D eigenvalue weighted by atomic mass is 10.2. The molecular formula is C14H23N3O2. The number of piperazine rings is 1. The molecule has 0 bridgehead atoms. The zero-order valence-electron chi connectivity index (χ0n) is 12.2. The molecule has 1 fully saturated rings. The summed E-state index contributed by atoms with van der Waals surface area (Å²) in [5.41, 5.74) is -0.451. The number of nitriles is 1. The Labute approximate surface area is 115 Å². The van der Waals surface area contributed by atoms with Crippen LogP contribution in [0.25, 0.3) is 0 Å². The first-order chi connectivity index (χ1) is 8.83. The van der Waals surface area contributed by atoms with Gasteiger partial charge >= 0.3 is 6.09 Å². The normalized spacial score (nSPS) is 21.4. The first-order valence-corrected chi connectivity index (χ1v) is 6.60. The third kappa shape index (κ3) is 5.31. The quantitative estimate of drug-likeness (QED) is 0.717. The van der Waals surface area contributed by atoms with E-state index < -0.39 is 5.60 Å². The Bertz CT molecular complexity index is 379. The highest BCUT2D eigenvalue weighted by atomic mass is 16.6. The maximum Gasteiger partial charge on any atom is 0.410 e. The van der Waals surface area contributed by atoms with E-state index in [9.17, 15) is 4.79 Å². The van der Waals surface area contributed by atoms with E-state index in [1.165, 1.54) is 6.08 Å². The fraction of sp³-hybridized carbons (Fsp3) is 0.714. The van der Waals surface area contributed by atoms with Gasteiger partial charge < -0.3 is 9.64 Å². The van der Waals surface area contributed by atoms with Gasteiger partial charge in [-0.05, 0) is 27.7 Å². The molecule has 1 amide bonds. The Morgan fingerprint density at radius 2 is 2.16 bits per heavy atom. The molecule has 0 aromatic rings. The zero-order chi connectivity index (χ0) is 14.5. The third-order valence-corrected chi connectivity index (χ3v) is 2.95. The summed E-state index contributed by atoms with van der Waals surface area (Å²) in [5, 5.41) is 8.46. The van der Waals surface area contributed by atoms with E-state index in [1.807, 2.05) is 32.9 Å². The number of hydrogen-bond donors (Lipinski definition) is 0. The van der Waals surface area contributed by atoms with Crippen molar-refractivity contribution in [2.45, 2.75) is 39.3 Å². The van der Waals surface area contributed by atoms with Crippen LogP contribution in [0.1, 0.15) is 27.7 Å². The van der Waals surface area contributed by atoms with E-state index in [-0.39, 0.29) is 12.1 Å². The molecule has 1 aliphatic heterocycles. The fourth-order valence-corrected chi connectivity index (χ4v) is 2.00. The number of rotatable bonds is 2. The van der Waals surface area contributed by atoms with Gasteiger partial charge in [0.25, 0.3) is 0 Å². The molecular weight excluding hydrogens is 242 g/mol. The first-order valence-electron chi connectivity index (χ1n) is 6.60. The van der Waals surface area contributed by atoms with Crippen molar-refractivity contribution >= 4 is 6.09 Å². The highest BCUT2D eigenvalue weighted by molar-refractivity contribution is 5.68. The van der Waals surface area contributed by atoms with Crippen LogP contribution in [0.5, 0.6) is 0 Å². The lowest BCUT2D eigenvalue weighted by Gasteiger charge is -2.39. The summed E-state index contributed by atoms with van der Waals surface area (Å²) < 4.78 is 5.37. The summed E-state index contributed by atoms with van der Waals surface area (Å²) >= 11 is 0. The van der Waals surface area contributed by atoms with Crippen LogP contribution in [0.4, 0.5) is 4.79 Å². The van der Waals surface area contributed by atoms with Gasteiger partial charge in [-0.3, -0.25) is 4.90 Å². The van der Waals surface area contributed by atoms with E-state index in [1.54, 1.807) is 4.90 Å². The standard InChI is InChI=1S/C14H23N3O2/c1-12-11-17(13(18)19-14(2,3)4)10-9-16(12)8-6-5-7-15/h5-6,12H,8-11H2,1-4H3/b6-5+. The molecule has 0 saturated carbocycles. The number of carbonyl (C=O) groups is 1. The van der Waals surface area contributed by atoms with Crippen LogP contribution in [-0.4, -0.2) is 53.7 Å². The van der Waals surface area contributed by atoms with Crippen molar-refractivity contribution in [1.29, 1.82) is 5.26 Å². The molecule has 106 valence electrons. The molecule has 5 nitrogen and oxygen atoms in total. The van der Waals surface area contributed by atoms with Crippen molar-refractivity contribution in [2.75, 3.05) is 26.2 Å². The Balaban J connectivity index is 2.47. The maximum atomic E-state index is 12.0. The van der Waals surface area contributed by atoms with Gasteiger partial charge in [-0.15, -0.1) is 0 Å². The van der Waals surface area contributed by atoms with Crippen molar-refractivity contribution < 1.29 is 9.53 Å². The van der Waals surface area contributed by atoms with Crippen molar-refractivity contribution in [3.05, 3.63) is 12.2 Å². The van der Waals surface area contributed by atoms with Gasteiger partial charge in [0.05, 0.1) is 6.07 Å². The molecule has 1 atom stereocenters. The molecule has 1 aliphatic rings. The minimum absolute atomic E-state index is 0.244. The first kappa shape index (κ1) is 15.5. The molecule has 1 rings (SSSR count). The van der Waals surface area contributed by atoms with Crippen LogP contribution in [0.15, 0.2) is 12.2 Å². The number of carbonyl (C=O) groups excluding carboxylic acids is 1. The second kappa shape index (κ2) is 6.58. The molecule has 0 aromatic carbocycles. The van der Waals surface area contributed by atoms with E-state index >= 15 is 0 Å². The monoisotopic (exact) mass is 265 g/mol. The van der Waals surface area contributed by atoms with Crippen molar-refractivity contribution in [3.63, 3.8) is 0 Å². The number of allylic oxidation sites excluding steroid dienone is 1. The zero-order valence-corrected chi connectivity index (χ0v) is 12.2. The predicted octanol–water partition coefficient (Wildman–Crippen LogP) is 2.01. The predicted molar refractivity (Wildman–Crippen MR) is 73.6 cm³/mol. The van der Waals surface area contributed by atoms with E-state index in [0.29, 0.717) is 13.1 Å². The van der Waals surface area contributed by atoms with Gasteiger partial charge in [-0.1, -0.05) is 6.08 Å². The van der Waals surface area contributed by atoms with Crippen LogP contribution >= 0.6 is 0 Å². The molecule has 1 saturated heterocycles. The van der Waals surface area contributed by atoms with Gasteiger partial charge in [0.2, 0.25) is 0 Å². The van der Waals surface area contributed by atoms with E-state index in [4.69, 9.17) is 10.00 Å². The summed E-state index contributed by atoms with van der Waals surface area (Å²) in [5.74, 6) is 0. The molecule has 5 heteroatoms. The summed E-state index contributed by atoms with van der Waals surface area (Å²) in [6, 6.07) is 2.25. The summed E-state index contributed by atoms with van der Waals surface area (Å²) in [6.07, 6.45) is 3.10. The molecule has 0 radical (unpaired) electrons. The van der Waals surface area contributed by atoms with Crippen LogP contribution in [-0.2, 0) is 4.74 Å². The van der Waals surface area contributed by atoms with Gasteiger partial charge in [0, 0.05) is 38.3 Å². The Hall–Kier alpha value is -1.54. The number of amides is 1. The molecule has 0 N–H and O–H groups in total. The molecule has 0 aromatic heterocycles. The summed E-state index contributed by atoms with van der Waals surface area (Å²) in [7, 11) is 0. The van der Waals surface area contributed by atoms with E-state index in [0.717, 1.165) is 13.1 Å². The number of hydrogen-bond acceptors (Lipinski definition) is 4. The highest BCUT2D eigenvalue weighted by Gasteiger charge is 2.29. The van der Waals surface area contributed by atoms with E-state index in [2.05, 4.69) is 11.8 Å². The van der Waals surface area contributed by atoms with Crippen molar-refractivity contribution in [2.24, 2.45) is 0 Å². The number of nitrogens with zero attached hydrogens (tertiary/aromatic N) is 3. The van der Waals surface area contributed by atoms with Gasteiger partial charge in [-0.25, -0.2) is 4.79 Å². The van der Waals surface area contributed by atoms with Crippen LogP contribution in [0, 0.1) is 11.3 Å². The van der Waals surface area contributed by atoms with Gasteiger partial charge in [0.1, 0.15) is 5.60 Å². The Kier molecular flexibility index (Phi) is 5.37. The second-order valence-electron chi connectivity index (χ2n) is 5.80. The largest absolute Gasteiger partial charge is 0.444 e. The average molecular weight is 265 g/mol. The van der Waals surface area contributed by atoms with Gasteiger partial charge in [0.15, 0.2) is 0 Å². The smallest absolute Gasteiger partial charge is 0.410 e. The maximum absolute atomic E-state index is 12.0. The lowest BCUT2D eigenvalue weighted by Crippen LogP contribution is -2.54. The molecule has 1 unspecified atom stereocenters. The molecule has 0 aliphatic carbocycles. The Morgan fingerprint density at radius 3 is 2.68 bits per heavy atom. The van der Waals surface area contributed by atoms with Crippen LogP contribution in [0.2, 0.25) is 0 Å². The third-order valence-electron chi connectivity index (χ3n) is 2.95. The van der Waals surface area contributed by atoms with Crippen LogP contribution in [0.3, 0.4) is 0 Å². The summed E-state index contributed by atoms with van der Waals surface area (Å²) in [4.78, 5) is 15.9. The fourth-order valence-electron chi connectivity index (χ4n) is 2.00. The molecule has 19 heavy (non-hydrogen) atoms. The van der Waals surface area contributed by atoms with Crippen molar-refractivity contribution in [3.8, 4) is 6.07 Å². The summed E-state index contributed by atoms with van der Waals surface area (Å²) in [6.45, 7) is 10.6. The topological polar surface area (TPSA) is 56.6 Å². The lowest BCUT2D eigenvalue weighted by molar-refractivity contribution is 0.00743. The number of ether oxygens (including phenoxy) is 1. The minimum atomic E-state index is -0.451. The Morgan fingerprint density at radius 1 is 1.47 bits per heavy atom. The average Bonchev–Trinajstić information content (AvgIpc) is 2.29.